The molecule has 0 bridgehead atoms. The summed E-state index contributed by atoms with van der Waals surface area (Å²) in [5.41, 5.74) is 0.826. The van der Waals surface area contributed by atoms with Gasteiger partial charge in [0, 0.05) is 0 Å². The molecule has 3 heteroatoms. The number of benzene rings is 1. The highest BCUT2D eigenvalue weighted by atomic mass is 35.5. The third-order valence-corrected chi connectivity index (χ3v) is 4.34. The molecule has 0 aliphatic heterocycles. The van der Waals surface area contributed by atoms with Crippen molar-refractivity contribution in [3.63, 3.8) is 0 Å². The maximum Gasteiger partial charge on any atom is 0.138 e. The molecule has 1 aromatic carbocycles. The lowest BCUT2D eigenvalue weighted by Crippen LogP contribution is -2.25. The van der Waals surface area contributed by atoms with Crippen LogP contribution in [0.15, 0.2) is 18.2 Å². The summed E-state index contributed by atoms with van der Waals surface area (Å²) < 4.78 is 6.04. The lowest BCUT2D eigenvalue weighted by atomic mass is 9.85. The van der Waals surface area contributed by atoms with Crippen molar-refractivity contribution in [3.8, 4) is 5.75 Å². The van der Waals surface area contributed by atoms with E-state index in [4.69, 9.17) is 16.3 Å². The van der Waals surface area contributed by atoms with Crippen LogP contribution in [0.2, 0.25) is 5.02 Å². The van der Waals surface area contributed by atoms with E-state index < -0.39 is 6.10 Å². The molecule has 1 saturated carbocycles. The van der Waals surface area contributed by atoms with E-state index in [1.807, 2.05) is 12.1 Å². The molecule has 0 heterocycles. The molecule has 1 aliphatic rings. The average Bonchev–Trinajstić information content (AvgIpc) is 2.41. The van der Waals surface area contributed by atoms with Crippen LogP contribution in [0.1, 0.15) is 57.6 Å². The molecule has 2 rings (SSSR count). The summed E-state index contributed by atoms with van der Waals surface area (Å²) >= 11 is 6.23. The maximum atomic E-state index is 9.53. The molecule has 2 nitrogen and oxygen atoms in total. The van der Waals surface area contributed by atoms with Crippen molar-refractivity contribution in [2.75, 3.05) is 0 Å². The van der Waals surface area contributed by atoms with Crippen molar-refractivity contribution < 1.29 is 9.84 Å². The SMILES string of the molecule is CCC1CCCC(Oc2ccc([C@@H](C)O)cc2Cl)C1. The molecule has 0 spiro atoms. The molecule has 1 fully saturated rings. The van der Waals surface area contributed by atoms with E-state index in [9.17, 15) is 5.11 Å². The Balaban J connectivity index is 2.02. The largest absolute Gasteiger partial charge is 0.489 e. The first-order valence-electron chi connectivity index (χ1n) is 7.24. The summed E-state index contributed by atoms with van der Waals surface area (Å²) in [4.78, 5) is 0. The Hall–Kier alpha value is -0.730. The molecule has 19 heavy (non-hydrogen) atoms. The first-order valence-corrected chi connectivity index (χ1v) is 7.62. The van der Waals surface area contributed by atoms with Crippen molar-refractivity contribution in [2.45, 2.75) is 58.2 Å². The van der Waals surface area contributed by atoms with Gasteiger partial charge in [0.05, 0.1) is 17.2 Å². The van der Waals surface area contributed by atoms with E-state index in [1.165, 1.54) is 19.3 Å². The lowest BCUT2D eigenvalue weighted by molar-refractivity contribution is 0.122. The average molecular weight is 283 g/mol. The Morgan fingerprint density at radius 3 is 2.84 bits per heavy atom. The van der Waals surface area contributed by atoms with E-state index in [0.717, 1.165) is 30.1 Å². The van der Waals surface area contributed by atoms with Gasteiger partial charge >= 0.3 is 0 Å². The standard InChI is InChI=1S/C16H23ClO2/c1-3-12-5-4-6-14(9-12)19-16-8-7-13(11(2)18)10-15(16)17/h7-8,10-12,14,18H,3-6,9H2,1-2H3/t11-,12?,14?/m1/s1. The van der Waals surface area contributed by atoms with Gasteiger partial charge in [-0.15, -0.1) is 0 Å². The summed E-state index contributed by atoms with van der Waals surface area (Å²) in [6.07, 6.45) is 5.83. The summed E-state index contributed by atoms with van der Waals surface area (Å²) in [5, 5.41) is 10.1. The summed E-state index contributed by atoms with van der Waals surface area (Å²) in [6, 6.07) is 5.55. The van der Waals surface area contributed by atoms with Crippen molar-refractivity contribution in [2.24, 2.45) is 5.92 Å². The summed E-state index contributed by atoms with van der Waals surface area (Å²) in [7, 11) is 0. The molecule has 2 unspecified atom stereocenters. The number of hydrogen-bond acceptors (Lipinski definition) is 2. The van der Waals surface area contributed by atoms with Crippen LogP contribution < -0.4 is 4.74 Å². The van der Waals surface area contributed by atoms with Crippen LogP contribution in [-0.2, 0) is 0 Å². The molecular weight excluding hydrogens is 260 g/mol. The first kappa shape index (κ1) is 14.7. The normalized spacial score (nSPS) is 25.1. The van der Waals surface area contributed by atoms with Crippen LogP contribution in [-0.4, -0.2) is 11.2 Å². The van der Waals surface area contributed by atoms with Crippen LogP contribution in [0.4, 0.5) is 0 Å². The van der Waals surface area contributed by atoms with Crippen LogP contribution in [0.25, 0.3) is 0 Å². The molecule has 0 radical (unpaired) electrons. The van der Waals surface area contributed by atoms with E-state index in [2.05, 4.69) is 6.92 Å². The van der Waals surface area contributed by atoms with E-state index >= 15 is 0 Å². The van der Waals surface area contributed by atoms with Gasteiger partial charge in [-0.2, -0.15) is 0 Å². The summed E-state index contributed by atoms with van der Waals surface area (Å²) in [6.45, 7) is 3.98. The van der Waals surface area contributed by atoms with Gasteiger partial charge in [-0.1, -0.05) is 37.4 Å². The number of hydrogen-bond donors (Lipinski definition) is 1. The van der Waals surface area contributed by atoms with Crippen LogP contribution in [0, 0.1) is 5.92 Å². The zero-order chi connectivity index (χ0) is 13.8. The number of aliphatic hydroxyl groups is 1. The van der Waals surface area contributed by atoms with Gasteiger partial charge in [-0.25, -0.2) is 0 Å². The van der Waals surface area contributed by atoms with Crippen molar-refractivity contribution in [1.29, 1.82) is 0 Å². The third-order valence-electron chi connectivity index (χ3n) is 4.04. The van der Waals surface area contributed by atoms with Gasteiger partial charge < -0.3 is 9.84 Å². The van der Waals surface area contributed by atoms with Gasteiger partial charge in [0.1, 0.15) is 5.75 Å². The Kier molecular flexibility index (Phi) is 5.12. The predicted octanol–water partition coefficient (Wildman–Crippen LogP) is 4.74. The number of ether oxygens (including phenoxy) is 1. The number of halogens is 1. The number of rotatable bonds is 4. The van der Waals surface area contributed by atoms with Crippen LogP contribution in [0.5, 0.6) is 5.75 Å². The highest BCUT2D eigenvalue weighted by Gasteiger charge is 2.22. The second-order valence-corrected chi connectivity index (χ2v) is 5.95. The predicted molar refractivity (Wildman–Crippen MR) is 78.8 cm³/mol. The second kappa shape index (κ2) is 6.62. The van der Waals surface area contributed by atoms with Gasteiger partial charge in [0.15, 0.2) is 0 Å². The molecular formula is C16H23ClO2. The van der Waals surface area contributed by atoms with Crippen LogP contribution >= 0.6 is 11.6 Å². The minimum absolute atomic E-state index is 0.286. The first-order chi connectivity index (χ1) is 9.10. The van der Waals surface area contributed by atoms with Crippen molar-refractivity contribution >= 4 is 11.6 Å². The fraction of sp³-hybridized carbons (Fsp3) is 0.625. The monoisotopic (exact) mass is 282 g/mol. The van der Waals surface area contributed by atoms with E-state index in [0.29, 0.717) is 5.02 Å². The third kappa shape index (κ3) is 3.87. The molecule has 1 aliphatic carbocycles. The molecule has 106 valence electrons. The van der Waals surface area contributed by atoms with Crippen LogP contribution in [0.3, 0.4) is 0 Å². The second-order valence-electron chi connectivity index (χ2n) is 5.55. The lowest BCUT2D eigenvalue weighted by Gasteiger charge is -2.29. The molecule has 3 atom stereocenters. The Morgan fingerprint density at radius 1 is 1.42 bits per heavy atom. The van der Waals surface area contributed by atoms with Gasteiger partial charge in [0.25, 0.3) is 0 Å². The molecule has 1 aromatic rings. The topological polar surface area (TPSA) is 29.5 Å². The molecule has 0 saturated heterocycles. The summed E-state index contributed by atoms with van der Waals surface area (Å²) in [5.74, 6) is 1.53. The molecule has 0 aromatic heterocycles. The van der Waals surface area contributed by atoms with E-state index in [1.54, 1.807) is 13.0 Å². The molecule has 1 N–H and O–H groups in total. The van der Waals surface area contributed by atoms with Crippen molar-refractivity contribution in [3.05, 3.63) is 28.8 Å². The Bertz CT molecular complexity index is 417. The number of aliphatic hydroxyl groups excluding tert-OH is 1. The zero-order valence-corrected chi connectivity index (χ0v) is 12.5. The van der Waals surface area contributed by atoms with Gasteiger partial charge in [-0.05, 0) is 49.8 Å². The van der Waals surface area contributed by atoms with Gasteiger partial charge in [-0.3, -0.25) is 0 Å². The highest BCUT2D eigenvalue weighted by Crippen LogP contribution is 2.33. The minimum Gasteiger partial charge on any atom is -0.489 e. The fourth-order valence-electron chi connectivity index (χ4n) is 2.77. The smallest absolute Gasteiger partial charge is 0.138 e. The quantitative estimate of drug-likeness (QED) is 0.864. The van der Waals surface area contributed by atoms with Gasteiger partial charge in [0.2, 0.25) is 0 Å². The van der Waals surface area contributed by atoms with Crippen molar-refractivity contribution in [1.82, 2.24) is 0 Å². The fourth-order valence-corrected chi connectivity index (χ4v) is 3.01. The minimum atomic E-state index is -0.495. The Labute approximate surface area is 120 Å². The zero-order valence-electron chi connectivity index (χ0n) is 11.7. The molecule has 0 amide bonds. The highest BCUT2D eigenvalue weighted by molar-refractivity contribution is 6.32. The Morgan fingerprint density at radius 2 is 2.21 bits per heavy atom. The van der Waals surface area contributed by atoms with E-state index in [-0.39, 0.29) is 6.10 Å². The maximum absolute atomic E-state index is 9.53.